The molecule has 3 heteroatoms. The van der Waals surface area contributed by atoms with Crippen LogP contribution in [0.3, 0.4) is 0 Å². The minimum Gasteiger partial charge on any atom is -0.390 e. The number of hydrogen-bond donors (Lipinski definition) is 1. The summed E-state index contributed by atoms with van der Waals surface area (Å²) < 4.78 is 1.91. The van der Waals surface area contributed by atoms with E-state index in [2.05, 4.69) is 4.98 Å². The van der Waals surface area contributed by atoms with Crippen LogP contribution in [0.5, 0.6) is 0 Å². The van der Waals surface area contributed by atoms with Gasteiger partial charge in [-0.2, -0.15) is 0 Å². The van der Waals surface area contributed by atoms with Crippen LogP contribution in [-0.2, 0) is 6.61 Å². The van der Waals surface area contributed by atoms with Crippen LogP contribution in [-0.4, -0.2) is 14.5 Å². The van der Waals surface area contributed by atoms with Crippen molar-refractivity contribution in [1.82, 2.24) is 9.38 Å². The minimum atomic E-state index is 0.0676. The van der Waals surface area contributed by atoms with Gasteiger partial charge in [-0.3, -0.25) is 4.98 Å². The molecule has 3 nitrogen and oxygen atoms in total. The van der Waals surface area contributed by atoms with Gasteiger partial charge in [-0.1, -0.05) is 0 Å². The van der Waals surface area contributed by atoms with Gasteiger partial charge in [0.15, 0.2) is 0 Å². The number of fused-ring (bicyclic) bond motifs is 1. The average Bonchev–Trinajstić information content (AvgIpc) is 2.47. The van der Waals surface area contributed by atoms with Gasteiger partial charge in [0.2, 0.25) is 0 Å². The highest BCUT2D eigenvalue weighted by Crippen LogP contribution is 2.07. The van der Waals surface area contributed by atoms with E-state index in [-0.39, 0.29) is 6.61 Å². The number of hydrogen-bond acceptors (Lipinski definition) is 2. The highest BCUT2D eigenvalue weighted by Gasteiger charge is 1.97. The van der Waals surface area contributed by atoms with Crippen molar-refractivity contribution in [3.05, 3.63) is 36.4 Å². The highest BCUT2D eigenvalue weighted by molar-refractivity contribution is 5.46. The molecule has 0 spiro atoms. The monoisotopic (exact) mass is 148 g/mol. The fourth-order valence-electron chi connectivity index (χ4n) is 1.15. The summed E-state index contributed by atoms with van der Waals surface area (Å²) in [5.41, 5.74) is 1.90. The van der Waals surface area contributed by atoms with Gasteiger partial charge in [-0.05, 0) is 12.1 Å². The average molecular weight is 148 g/mol. The van der Waals surface area contributed by atoms with Crippen molar-refractivity contribution in [2.45, 2.75) is 6.61 Å². The zero-order valence-corrected chi connectivity index (χ0v) is 5.94. The Morgan fingerprint density at radius 2 is 2.36 bits per heavy atom. The minimum absolute atomic E-state index is 0.0676. The summed E-state index contributed by atoms with van der Waals surface area (Å²) in [6, 6.07) is 3.82. The van der Waals surface area contributed by atoms with Gasteiger partial charge in [0.05, 0.1) is 18.3 Å². The maximum atomic E-state index is 8.88. The van der Waals surface area contributed by atoms with Crippen LogP contribution in [0.2, 0.25) is 0 Å². The van der Waals surface area contributed by atoms with Crippen LogP contribution >= 0.6 is 0 Å². The smallest absolute Gasteiger partial charge is 0.0836 e. The standard InChI is InChI=1S/C8H8N2O/c11-6-8-2-1-7-5-9-3-4-10(7)8/h1-5,11H,6H2. The first-order valence-corrected chi connectivity index (χ1v) is 3.42. The van der Waals surface area contributed by atoms with E-state index in [4.69, 9.17) is 5.11 Å². The van der Waals surface area contributed by atoms with Crippen molar-refractivity contribution in [3.63, 3.8) is 0 Å². The lowest BCUT2D eigenvalue weighted by atomic mass is 10.5. The highest BCUT2D eigenvalue weighted by atomic mass is 16.3. The van der Waals surface area contributed by atoms with Gasteiger partial charge in [-0.15, -0.1) is 0 Å². The van der Waals surface area contributed by atoms with E-state index in [1.807, 2.05) is 22.7 Å². The first kappa shape index (κ1) is 6.37. The molecule has 0 unspecified atom stereocenters. The Hall–Kier alpha value is -1.35. The molecular weight excluding hydrogens is 140 g/mol. The van der Waals surface area contributed by atoms with Crippen LogP contribution in [0.1, 0.15) is 5.69 Å². The van der Waals surface area contributed by atoms with E-state index >= 15 is 0 Å². The van der Waals surface area contributed by atoms with Gasteiger partial charge < -0.3 is 9.51 Å². The van der Waals surface area contributed by atoms with E-state index in [1.54, 1.807) is 12.4 Å². The Kier molecular flexibility index (Phi) is 1.36. The molecule has 0 fully saturated rings. The van der Waals surface area contributed by atoms with Crippen molar-refractivity contribution in [3.8, 4) is 0 Å². The number of aliphatic hydroxyl groups is 1. The molecule has 0 aliphatic carbocycles. The maximum absolute atomic E-state index is 8.88. The van der Waals surface area contributed by atoms with Gasteiger partial charge >= 0.3 is 0 Å². The lowest BCUT2D eigenvalue weighted by molar-refractivity contribution is 0.276. The molecule has 1 N–H and O–H groups in total. The molecule has 0 radical (unpaired) electrons. The summed E-state index contributed by atoms with van der Waals surface area (Å²) in [6.07, 6.45) is 5.30. The maximum Gasteiger partial charge on any atom is 0.0836 e. The second-order valence-corrected chi connectivity index (χ2v) is 2.35. The molecule has 0 atom stereocenters. The Bertz CT molecular complexity index is 367. The molecule has 56 valence electrons. The molecule has 0 aromatic carbocycles. The first-order chi connectivity index (χ1) is 5.42. The summed E-state index contributed by atoms with van der Waals surface area (Å²) in [6.45, 7) is 0.0676. The molecule has 0 bridgehead atoms. The zero-order valence-electron chi connectivity index (χ0n) is 5.94. The molecule has 11 heavy (non-hydrogen) atoms. The Balaban J connectivity index is 2.76. The number of rotatable bonds is 1. The van der Waals surface area contributed by atoms with Crippen molar-refractivity contribution in [2.75, 3.05) is 0 Å². The molecule has 0 aliphatic heterocycles. The SMILES string of the molecule is OCc1ccc2cnccn12. The van der Waals surface area contributed by atoms with Crippen LogP contribution in [0, 0.1) is 0 Å². The topological polar surface area (TPSA) is 37.5 Å². The van der Waals surface area contributed by atoms with Crippen molar-refractivity contribution < 1.29 is 5.11 Å². The van der Waals surface area contributed by atoms with Crippen molar-refractivity contribution in [1.29, 1.82) is 0 Å². The van der Waals surface area contributed by atoms with Crippen molar-refractivity contribution in [2.24, 2.45) is 0 Å². The molecule has 2 aromatic rings. The third-order valence-corrected chi connectivity index (χ3v) is 1.70. The normalized spacial score (nSPS) is 10.6. The summed E-state index contributed by atoms with van der Waals surface area (Å²) in [7, 11) is 0. The van der Waals surface area contributed by atoms with Crippen LogP contribution < -0.4 is 0 Å². The molecule has 2 aromatic heterocycles. The molecule has 0 saturated heterocycles. The second kappa shape index (κ2) is 2.36. The van der Waals surface area contributed by atoms with Gasteiger partial charge in [-0.25, -0.2) is 0 Å². The lowest BCUT2D eigenvalue weighted by Crippen LogP contribution is -1.91. The lowest BCUT2D eigenvalue weighted by Gasteiger charge is -1.96. The Labute approximate surface area is 63.9 Å². The van der Waals surface area contributed by atoms with Crippen molar-refractivity contribution >= 4 is 5.52 Å². The number of aromatic nitrogens is 2. The Morgan fingerprint density at radius 1 is 1.45 bits per heavy atom. The molecule has 2 heterocycles. The second-order valence-electron chi connectivity index (χ2n) is 2.35. The molecule has 2 rings (SSSR count). The fraction of sp³-hybridized carbons (Fsp3) is 0.125. The number of aliphatic hydroxyl groups excluding tert-OH is 1. The van der Waals surface area contributed by atoms with Crippen LogP contribution in [0.15, 0.2) is 30.7 Å². The molecule has 0 amide bonds. The number of nitrogens with zero attached hydrogens (tertiary/aromatic N) is 2. The van der Waals surface area contributed by atoms with Crippen LogP contribution in [0.4, 0.5) is 0 Å². The fourth-order valence-corrected chi connectivity index (χ4v) is 1.15. The van der Waals surface area contributed by atoms with Gasteiger partial charge in [0, 0.05) is 18.1 Å². The van der Waals surface area contributed by atoms with E-state index < -0.39 is 0 Å². The van der Waals surface area contributed by atoms with Gasteiger partial charge in [0.1, 0.15) is 0 Å². The summed E-state index contributed by atoms with van der Waals surface area (Å²) in [5, 5.41) is 8.88. The Morgan fingerprint density at radius 3 is 3.18 bits per heavy atom. The van der Waals surface area contributed by atoms with E-state index in [0.717, 1.165) is 11.2 Å². The summed E-state index contributed by atoms with van der Waals surface area (Å²) in [4.78, 5) is 3.96. The third kappa shape index (κ3) is 0.897. The quantitative estimate of drug-likeness (QED) is 0.650. The van der Waals surface area contributed by atoms with Crippen LogP contribution in [0.25, 0.3) is 5.52 Å². The third-order valence-electron chi connectivity index (χ3n) is 1.70. The molecule has 0 aliphatic rings. The summed E-state index contributed by atoms with van der Waals surface area (Å²) >= 11 is 0. The predicted molar refractivity (Wildman–Crippen MR) is 41.1 cm³/mol. The van der Waals surface area contributed by atoms with Gasteiger partial charge in [0.25, 0.3) is 0 Å². The zero-order chi connectivity index (χ0) is 7.68. The first-order valence-electron chi connectivity index (χ1n) is 3.42. The van der Waals surface area contributed by atoms with E-state index in [1.165, 1.54) is 0 Å². The largest absolute Gasteiger partial charge is 0.390 e. The predicted octanol–water partition coefficient (Wildman–Crippen LogP) is 0.827. The molecular formula is C8H8N2O. The van der Waals surface area contributed by atoms with E-state index in [0.29, 0.717) is 0 Å². The van der Waals surface area contributed by atoms with E-state index in [9.17, 15) is 0 Å². The molecule has 0 saturated carbocycles. The summed E-state index contributed by atoms with van der Waals surface area (Å²) in [5.74, 6) is 0.